The molecule has 1 saturated carbocycles. The van der Waals surface area contributed by atoms with Crippen LogP contribution in [0.1, 0.15) is 60.7 Å². The molecule has 21 heavy (non-hydrogen) atoms. The van der Waals surface area contributed by atoms with Gasteiger partial charge in [-0.25, -0.2) is 9.78 Å². The summed E-state index contributed by atoms with van der Waals surface area (Å²) in [6, 6.07) is 5.47. The highest BCUT2D eigenvalue weighted by Crippen LogP contribution is 2.42. The van der Waals surface area contributed by atoms with Gasteiger partial charge in [0, 0.05) is 18.6 Å². The Bertz CT molecular complexity index is 673. The molecule has 0 saturated heterocycles. The van der Waals surface area contributed by atoms with Gasteiger partial charge < -0.3 is 14.8 Å². The van der Waals surface area contributed by atoms with Gasteiger partial charge >= 0.3 is 5.97 Å². The minimum atomic E-state index is -0.942. The summed E-state index contributed by atoms with van der Waals surface area (Å²) >= 11 is 0. The Labute approximate surface area is 123 Å². The van der Waals surface area contributed by atoms with E-state index < -0.39 is 5.97 Å². The van der Waals surface area contributed by atoms with Crippen LogP contribution in [0.15, 0.2) is 18.2 Å². The third kappa shape index (κ3) is 2.42. The molecule has 0 aliphatic heterocycles. The van der Waals surface area contributed by atoms with Crippen LogP contribution in [0.4, 0.5) is 0 Å². The van der Waals surface area contributed by atoms with E-state index in [4.69, 9.17) is 0 Å². The van der Waals surface area contributed by atoms with E-state index in [9.17, 15) is 15.0 Å². The maximum Gasteiger partial charge on any atom is 0.337 e. The number of para-hydroxylation sites is 1. The molecule has 0 amide bonds. The van der Waals surface area contributed by atoms with Crippen molar-refractivity contribution in [1.82, 2.24) is 9.55 Å². The molecule has 1 unspecified atom stereocenters. The Morgan fingerprint density at radius 1 is 1.48 bits per heavy atom. The average molecular weight is 288 g/mol. The molecule has 2 aromatic rings. The highest BCUT2D eigenvalue weighted by molar-refractivity contribution is 6.01. The van der Waals surface area contributed by atoms with Gasteiger partial charge in [0.2, 0.25) is 0 Å². The SMILES string of the molecule is CCC(CCO)n1c(C2CC2)nc2c(C(=O)O)cccc21. The second-order valence-electron chi connectivity index (χ2n) is 5.67. The minimum absolute atomic E-state index is 0.126. The number of hydrogen-bond donors (Lipinski definition) is 2. The summed E-state index contributed by atoms with van der Waals surface area (Å²) in [5.41, 5.74) is 1.70. The predicted octanol–water partition coefficient (Wildman–Crippen LogP) is 2.95. The largest absolute Gasteiger partial charge is 0.478 e. The molecule has 0 spiro atoms. The fourth-order valence-corrected chi connectivity index (χ4v) is 2.99. The zero-order valence-electron chi connectivity index (χ0n) is 12.1. The number of fused-ring (bicyclic) bond motifs is 1. The van der Waals surface area contributed by atoms with Crippen LogP contribution in [-0.4, -0.2) is 32.3 Å². The van der Waals surface area contributed by atoms with Crippen LogP contribution >= 0.6 is 0 Å². The highest BCUT2D eigenvalue weighted by Gasteiger charge is 2.32. The lowest BCUT2D eigenvalue weighted by molar-refractivity contribution is 0.0699. The maximum atomic E-state index is 11.4. The van der Waals surface area contributed by atoms with E-state index >= 15 is 0 Å². The van der Waals surface area contributed by atoms with E-state index in [1.165, 1.54) is 0 Å². The second kappa shape index (κ2) is 5.48. The number of carboxylic acids is 1. The summed E-state index contributed by atoms with van der Waals surface area (Å²) in [6.45, 7) is 2.21. The molecule has 5 nitrogen and oxygen atoms in total. The van der Waals surface area contributed by atoms with Gasteiger partial charge in [-0.3, -0.25) is 0 Å². The fourth-order valence-electron chi connectivity index (χ4n) is 2.99. The highest BCUT2D eigenvalue weighted by atomic mass is 16.4. The standard InChI is InChI=1S/C16H20N2O3/c1-2-11(8-9-19)18-13-5-3-4-12(16(20)21)14(13)17-15(18)10-6-7-10/h3-5,10-11,19H,2,6-9H2,1H3,(H,20,21). The van der Waals surface area contributed by atoms with Crippen LogP contribution < -0.4 is 0 Å². The molecule has 1 aromatic heterocycles. The Morgan fingerprint density at radius 3 is 2.81 bits per heavy atom. The van der Waals surface area contributed by atoms with E-state index in [1.54, 1.807) is 12.1 Å². The van der Waals surface area contributed by atoms with Gasteiger partial charge in [-0.05, 0) is 37.8 Å². The Hall–Kier alpha value is -1.88. The van der Waals surface area contributed by atoms with Crippen molar-refractivity contribution in [2.45, 2.75) is 44.6 Å². The zero-order valence-corrected chi connectivity index (χ0v) is 12.1. The lowest BCUT2D eigenvalue weighted by Crippen LogP contribution is -2.13. The van der Waals surface area contributed by atoms with Gasteiger partial charge in [0.15, 0.2) is 0 Å². The number of carbonyl (C=O) groups is 1. The first-order valence-electron chi connectivity index (χ1n) is 7.52. The van der Waals surface area contributed by atoms with Gasteiger partial charge in [-0.1, -0.05) is 13.0 Å². The number of imidazole rings is 1. The summed E-state index contributed by atoms with van der Waals surface area (Å²) in [5, 5.41) is 18.6. The Morgan fingerprint density at radius 2 is 2.24 bits per heavy atom. The number of benzene rings is 1. The summed E-state index contributed by atoms with van der Waals surface area (Å²) in [5.74, 6) is 0.480. The van der Waals surface area contributed by atoms with Crippen molar-refractivity contribution in [2.75, 3.05) is 6.61 Å². The quantitative estimate of drug-likeness (QED) is 0.857. The first-order chi connectivity index (χ1) is 10.2. The molecular formula is C16H20N2O3. The van der Waals surface area contributed by atoms with E-state index in [1.807, 2.05) is 6.07 Å². The topological polar surface area (TPSA) is 75.3 Å². The lowest BCUT2D eigenvalue weighted by atomic mass is 10.1. The smallest absolute Gasteiger partial charge is 0.337 e. The van der Waals surface area contributed by atoms with E-state index in [0.29, 0.717) is 17.9 Å². The maximum absolute atomic E-state index is 11.4. The number of aliphatic hydroxyl groups is 1. The normalized spacial score (nSPS) is 16.3. The summed E-state index contributed by atoms with van der Waals surface area (Å²) in [4.78, 5) is 16.0. The molecule has 0 radical (unpaired) electrons. The van der Waals surface area contributed by atoms with Crippen molar-refractivity contribution in [3.63, 3.8) is 0 Å². The van der Waals surface area contributed by atoms with E-state index in [0.717, 1.165) is 30.6 Å². The Balaban J connectivity index is 2.22. The van der Waals surface area contributed by atoms with Crippen LogP contribution in [-0.2, 0) is 0 Å². The summed E-state index contributed by atoms with van der Waals surface area (Å²) in [6.07, 6.45) is 3.78. The minimum Gasteiger partial charge on any atom is -0.478 e. The van der Waals surface area contributed by atoms with Crippen molar-refractivity contribution >= 4 is 17.0 Å². The van der Waals surface area contributed by atoms with E-state index in [2.05, 4.69) is 16.5 Å². The van der Waals surface area contributed by atoms with Crippen LogP contribution in [0.25, 0.3) is 11.0 Å². The number of nitrogens with zero attached hydrogens (tertiary/aromatic N) is 2. The van der Waals surface area contributed by atoms with Gasteiger partial charge in [-0.15, -0.1) is 0 Å². The Kier molecular flexibility index (Phi) is 3.68. The van der Waals surface area contributed by atoms with Crippen molar-refractivity contribution in [1.29, 1.82) is 0 Å². The molecule has 2 N–H and O–H groups in total. The molecule has 1 fully saturated rings. The third-order valence-corrected chi connectivity index (χ3v) is 4.22. The lowest BCUT2D eigenvalue weighted by Gasteiger charge is -2.19. The van der Waals surface area contributed by atoms with Gasteiger partial charge in [-0.2, -0.15) is 0 Å². The molecule has 112 valence electrons. The molecule has 1 aliphatic carbocycles. The van der Waals surface area contributed by atoms with Crippen molar-refractivity contribution in [3.05, 3.63) is 29.6 Å². The fraction of sp³-hybridized carbons (Fsp3) is 0.500. The first-order valence-corrected chi connectivity index (χ1v) is 7.52. The molecular weight excluding hydrogens is 268 g/mol. The number of aromatic carboxylic acids is 1. The molecule has 1 aliphatic rings. The first kappa shape index (κ1) is 14.1. The molecule has 1 heterocycles. The van der Waals surface area contributed by atoms with Gasteiger partial charge in [0.1, 0.15) is 11.3 Å². The van der Waals surface area contributed by atoms with Crippen LogP contribution in [0.2, 0.25) is 0 Å². The van der Waals surface area contributed by atoms with Crippen molar-refractivity contribution < 1.29 is 15.0 Å². The number of hydrogen-bond acceptors (Lipinski definition) is 3. The third-order valence-electron chi connectivity index (χ3n) is 4.22. The monoisotopic (exact) mass is 288 g/mol. The summed E-state index contributed by atoms with van der Waals surface area (Å²) < 4.78 is 2.16. The van der Waals surface area contributed by atoms with E-state index in [-0.39, 0.29) is 18.2 Å². The van der Waals surface area contributed by atoms with Crippen LogP contribution in [0.5, 0.6) is 0 Å². The molecule has 0 bridgehead atoms. The van der Waals surface area contributed by atoms with Crippen molar-refractivity contribution in [3.8, 4) is 0 Å². The molecule has 1 aromatic carbocycles. The molecule has 5 heteroatoms. The van der Waals surface area contributed by atoms with Crippen molar-refractivity contribution in [2.24, 2.45) is 0 Å². The average Bonchev–Trinajstić information content (AvgIpc) is 3.25. The number of aliphatic hydroxyl groups excluding tert-OH is 1. The number of rotatable bonds is 6. The van der Waals surface area contributed by atoms with Gasteiger partial charge in [0.05, 0.1) is 11.1 Å². The number of carboxylic acid groups (broad SMARTS) is 1. The summed E-state index contributed by atoms with van der Waals surface area (Å²) in [7, 11) is 0. The number of aromatic nitrogens is 2. The van der Waals surface area contributed by atoms with Crippen LogP contribution in [0.3, 0.4) is 0 Å². The molecule has 3 rings (SSSR count). The second-order valence-corrected chi connectivity index (χ2v) is 5.67. The predicted molar refractivity (Wildman–Crippen MR) is 79.7 cm³/mol. The van der Waals surface area contributed by atoms with Gasteiger partial charge in [0.25, 0.3) is 0 Å². The van der Waals surface area contributed by atoms with Crippen LogP contribution in [0, 0.1) is 0 Å². The zero-order chi connectivity index (χ0) is 15.0. The molecule has 1 atom stereocenters.